The van der Waals surface area contributed by atoms with Gasteiger partial charge in [-0.15, -0.1) is 45.3 Å². The van der Waals surface area contributed by atoms with Crippen molar-refractivity contribution in [1.29, 1.82) is 0 Å². The molecule has 1 aromatic carbocycles. The maximum atomic E-state index is 12.5. The lowest BCUT2D eigenvalue weighted by molar-refractivity contribution is 0.564. The fraction of sp³-hybridized carbons (Fsp3) is 0. The topological polar surface area (TPSA) is 30.2 Å². The summed E-state index contributed by atoms with van der Waals surface area (Å²) in [6, 6.07) is 22.3. The average molecular weight is 475 g/mol. The van der Waals surface area contributed by atoms with Crippen molar-refractivity contribution in [1.82, 2.24) is 0 Å². The first-order valence-electron chi connectivity index (χ1n) is 9.61. The van der Waals surface area contributed by atoms with Crippen LogP contribution in [0.3, 0.4) is 0 Å². The third kappa shape index (κ3) is 3.62. The van der Waals surface area contributed by atoms with Crippen LogP contribution in [0.4, 0.5) is 0 Å². The van der Waals surface area contributed by atoms with Gasteiger partial charge < -0.3 is 4.42 Å². The van der Waals surface area contributed by atoms with Gasteiger partial charge in [-0.3, -0.25) is 0 Å². The van der Waals surface area contributed by atoms with Crippen molar-refractivity contribution in [2.45, 2.75) is 0 Å². The summed E-state index contributed by atoms with van der Waals surface area (Å²) in [5.74, 6) is 0. The molecule has 0 bridgehead atoms. The van der Waals surface area contributed by atoms with E-state index in [0.717, 1.165) is 10.3 Å². The molecular weight excluding hydrogens is 461 g/mol. The lowest BCUT2D eigenvalue weighted by Crippen LogP contribution is -2.01. The minimum absolute atomic E-state index is 0.290. The monoisotopic (exact) mass is 474 g/mol. The Morgan fingerprint density at radius 3 is 2.45 bits per heavy atom. The summed E-state index contributed by atoms with van der Waals surface area (Å²) in [6.45, 7) is 0. The van der Waals surface area contributed by atoms with Crippen molar-refractivity contribution in [2.75, 3.05) is 0 Å². The van der Waals surface area contributed by atoms with Gasteiger partial charge in [-0.05, 0) is 60.0 Å². The molecule has 0 unspecified atom stereocenters. The number of benzene rings is 1. The largest absolute Gasteiger partial charge is 0.422 e. The molecule has 2 nitrogen and oxygen atoms in total. The van der Waals surface area contributed by atoms with E-state index < -0.39 is 0 Å². The van der Waals surface area contributed by atoms with E-state index in [2.05, 4.69) is 47.9 Å². The van der Waals surface area contributed by atoms with Gasteiger partial charge in [-0.2, -0.15) is 0 Å². The van der Waals surface area contributed by atoms with Gasteiger partial charge in [0.1, 0.15) is 5.58 Å². The van der Waals surface area contributed by atoms with Crippen molar-refractivity contribution in [3.63, 3.8) is 0 Å². The van der Waals surface area contributed by atoms with Crippen LogP contribution in [0.15, 0.2) is 81.3 Å². The van der Waals surface area contributed by atoms with Crippen molar-refractivity contribution < 1.29 is 4.42 Å². The second kappa shape index (κ2) is 7.73. The number of hydrogen-bond acceptors (Lipinski definition) is 6. The highest BCUT2D eigenvalue weighted by molar-refractivity contribution is 7.41. The third-order valence-corrected chi connectivity index (χ3v) is 9.45. The molecule has 0 spiro atoms. The summed E-state index contributed by atoms with van der Waals surface area (Å²) >= 11 is 7.00. The van der Waals surface area contributed by atoms with Gasteiger partial charge in [0.15, 0.2) is 0 Å². The Labute approximate surface area is 194 Å². The molecule has 31 heavy (non-hydrogen) atoms. The Morgan fingerprint density at radius 2 is 1.58 bits per heavy atom. The quantitative estimate of drug-likeness (QED) is 0.239. The van der Waals surface area contributed by atoms with Gasteiger partial charge in [0.25, 0.3) is 0 Å². The predicted octanol–water partition coefficient (Wildman–Crippen LogP) is 8.70. The molecule has 0 aliphatic carbocycles. The highest BCUT2D eigenvalue weighted by atomic mass is 32.2. The van der Waals surface area contributed by atoms with Crippen LogP contribution in [0.25, 0.3) is 52.7 Å². The molecule has 0 N–H and O–H groups in total. The van der Waals surface area contributed by atoms with Crippen LogP contribution >= 0.6 is 45.3 Å². The third-order valence-electron chi connectivity index (χ3n) is 4.94. The molecule has 5 aromatic heterocycles. The standard InChI is InChI=1S/C25H14O2S4/c26-24-19(13-15-4-1-2-6-20(15)27-24)21-9-10-22(30-21)23-14-16-12-18(29-25(16)31-23)8-7-17-5-3-11-28-17/h1-14H. The molecule has 0 radical (unpaired) electrons. The zero-order valence-corrected chi connectivity index (χ0v) is 19.3. The molecule has 0 atom stereocenters. The molecule has 6 aromatic rings. The summed E-state index contributed by atoms with van der Waals surface area (Å²) in [5.41, 5.74) is 0.950. The summed E-state index contributed by atoms with van der Waals surface area (Å²) in [5, 5.41) is 4.30. The molecule has 5 heterocycles. The molecule has 0 fully saturated rings. The van der Waals surface area contributed by atoms with Gasteiger partial charge in [0, 0.05) is 35.2 Å². The maximum Gasteiger partial charge on any atom is 0.345 e. The SMILES string of the molecule is O=c1oc2ccccc2cc1-c1ccc(-c2cc3cc(C=Cc4cccs4)sc3s2)s1. The Morgan fingerprint density at radius 1 is 0.710 bits per heavy atom. The zero-order chi connectivity index (χ0) is 20.8. The minimum Gasteiger partial charge on any atom is -0.422 e. The van der Waals surface area contributed by atoms with E-state index in [4.69, 9.17) is 4.42 Å². The van der Waals surface area contributed by atoms with Gasteiger partial charge in [-0.1, -0.05) is 24.3 Å². The predicted molar refractivity (Wildman–Crippen MR) is 138 cm³/mol. The van der Waals surface area contributed by atoms with Gasteiger partial charge in [0.2, 0.25) is 0 Å². The number of fused-ring (bicyclic) bond motifs is 2. The Bertz CT molecular complexity index is 1570. The highest BCUT2D eigenvalue weighted by Gasteiger charge is 2.13. The fourth-order valence-electron chi connectivity index (χ4n) is 3.46. The van der Waals surface area contributed by atoms with Gasteiger partial charge >= 0.3 is 5.63 Å². The molecule has 0 amide bonds. The lowest BCUT2D eigenvalue weighted by Gasteiger charge is -1.99. The van der Waals surface area contributed by atoms with Crippen molar-refractivity contribution in [3.05, 3.63) is 92.3 Å². The number of para-hydroxylation sites is 1. The average Bonchev–Trinajstić information content (AvgIpc) is 3.55. The molecule has 150 valence electrons. The van der Waals surface area contributed by atoms with Crippen LogP contribution in [-0.4, -0.2) is 0 Å². The zero-order valence-electron chi connectivity index (χ0n) is 16.0. The van der Waals surface area contributed by atoms with Gasteiger partial charge in [-0.25, -0.2) is 4.79 Å². The molecule has 0 saturated carbocycles. The van der Waals surface area contributed by atoms with E-state index in [1.807, 2.05) is 47.7 Å². The van der Waals surface area contributed by atoms with Crippen LogP contribution in [0, 0.1) is 0 Å². The van der Waals surface area contributed by atoms with Crippen LogP contribution in [0.2, 0.25) is 0 Å². The van der Waals surface area contributed by atoms with E-state index in [9.17, 15) is 4.79 Å². The number of thiophene rings is 4. The first kappa shape index (κ1) is 19.0. The Balaban J connectivity index is 1.31. The molecule has 6 heteroatoms. The molecule has 6 rings (SSSR count). The summed E-state index contributed by atoms with van der Waals surface area (Å²) in [4.78, 5) is 18.4. The Kier molecular flexibility index (Phi) is 4.73. The van der Waals surface area contributed by atoms with Crippen molar-refractivity contribution in [3.8, 4) is 20.2 Å². The Hall–Kier alpha value is -2.77. The summed E-state index contributed by atoms with van der Waals surface area (Å²) < 4.78 is 6.83. The van der Waals surface area contributed by atoms with Crippen LogP contribution < -0.4 is 5.63 Å². The van der Waals surface area contributed by atoms with E-state index in [-0.39, 0.29) is 5.63 Å². The van der Waals surface area contributed by atoms with Crippen LogP contribution in [0.1, 0.15) is 9.75 Å². The minimum atomic E-state index is -0.290. The highest BCUT2D eigenvalue weighted by Crippen LogP contribution is 2.42. The van der Waals surface area contributed by atoms with Crippen LogP contribution in [-0.2, 0) is 0 Å². The smallest absolute Gasteiger partial charge is 0.345 e. The number of hydrogen-bond donors (Lipinski definition) is 0. The normalized spacial score (nSPS) is 11.9. The first-order chi connectivity index (χ1) is 15.2. The lowest BCUT2D eigenvalue weighted by atomic mass is 10.1. The summed E-state index contributed by atoms with van der Waals surface area (Å²) in [7, 11) is 0. The molecular formula is C25H14O2S4. The van der Waals surface area contributed by atoms with E-state index in [1.54, 1.807) is 34.0 Å². The van der Waals surface area contributed by atoms with Crippen LogP contribution in [0.5, 0.6) is 0 Å². The fourth-order valence-corrected chi connectivity index (χ4v) is 7.54. The first-order valence-corrected chi connectivity index (χ1v) is 12.9. The maximum absolute atomic E-state index is 12.5. The molecule has 0 aliphatic rings. The van der Waals surface area contributed by atoms with Crippen molar-refractivity contribution >= 4 is 77.9 Å². The van der Waals surface area contributed by atoms with E-state index >= 15 is 0 Å². The van der Waals surface area contributed by atoms with Crippen molar-refractivity contribution in [2.24, 2.45) is 0 Å². The number of rotatable bonds is 4. The molecule has 0 saturated heterocycles. The van der Waals surface area contributed by atoms with E-state index in [1.165, 1.54) is 28.9 Å². The second-order valence-corrected chi connectivity index (χ2v) is 11.5. The van der Waals surface area contributed by atoms with E-state index in [0.29, 0.717) is 11.1 Å². The second-order valence-electron chi connectivity index (χ2n) is 7.00. The summed E-state index contributed by atoms with van der Waals surface area (Å²) in [6.07, 6.45) is 4.35. The van der Waals surface area contributed by atoms with Gasteiger partial charge in [0.05, 0.1) is 9.58 Å². The molecule has 0 aliphatic heterocycles.